The third-order valence-corrected chi connectivity index (χ3v) is 2.28. The number of hydrogen-bond donors (Lipinski definition) is 0. The van der Waals surface area contributed by atoms with Gasteiger partial charge in [0.25, 0.3) is 0 Å². The molecule has 0 saturated heterocycles. The number of hydrogen-bond acceptors (Lipinski definition) is 3. The van der Waals surface area contributed by atoms with Gasteiger partial charge < -0.3 is 14.2 Å². The topological polar surface area (TPSA) is 27.7 Å². The van der Waals surface area contributed by atoms with Gasteiger partial charge in [-0.15, -0.1) is 0 Å². The van der Waals surface area contributed by atoms with Gasteiger partial charge in [0, 0.05) is 20.1 Å². The molecule has 0 atom stereocenters. The van der Waals surface area contributed by atoms with E-state index in [9.17, 15) is 4.39 Å². The molecule has 0 aliphatic carbocycles. The van der Waals surface area contributed by atoms with E-state index in [0.717, 1.165) is 6.42 Å². The second kappa shape index (κ2) is 8.03. The zero-order valence-electron chi connectivity index (χ0n) is 10.4. The summed E-state index contributed by atoms with van der Waals surface area (Å²) in [6.45, 7) is 3.93. The van der Waals surface area contributed by atoms with E-state index < -0.39 is 0 Å². The average Bonchev–Trinajstić information content (AvgIpc) is 2.33. The van der Waals surface area contributed by atoms with Crippen LogP contribution in [0.15, 0.2) is 18.2 Å². The summed E-state index contributed by atoms with van der Waals surface area (Å²) in [5.74, 6) is 0.0229. The van der Waals surface area contributed by atoms with Crippen LogP contribution in [0.25, 0.3) is 0 Å². The zero-order valence-corrected chi connectivity index (χ0v) is 10.4. The lowest BCUT2D eigenvalue weighted by Crippen LogP contribution is -2.07. The van der Waals surface area contributed by atoms with Crippen molar-refractivity contribution >= 4 is 0 Å². The Balaban J connectivity index is 2.16. The number of aryl methyl sites for hydroxylation is 1. The summed E-state index contributed by atoms with van der Waals surface area (Å²) >= 11 is 0. The molecule has 1 aromatic rings. The lowest BCUT2D eigenvalue weighted by atomic mass is 10.2. The summed E-state index contributed by atoms with van der Waals surface area (Å²) in [5.41, 5.74) is 0.596. The molecule has 0 radical (unpaired) electrons. The first-order valence-corrected chi connectivity index (χ1v) is 5.70. The summed E-state index contributed by atoms with van der Waals surface area (Å²) in [6, 6.07) is 5.13. The normalized spacial score (nSPS) is 10.5. The predicted octanol–water partition coefficient (Wildman–Crippen LogP) is 2.57. The van der Waals surface area contributed by atoms with Crippen molar-refractivity contribution in [2.24, 2.45) is 0 Å². The van der Waals surface area contributed by atoms with Gasteiger partial charge in [-0.05, 0) is 18.6 Å². The molecule has 96 valence electrons. The highest BCUT2D eigenvalue weighted by Crippen LogP contribution is 2.19. The van der Waals surface area contributed by atoms with E-state index in [1.807, 2.05) is 0 Å². The van der Waals surface area contributed by atoms with Crippen LogP contribution in [0.1, 0.15) is 12.0 Å². The molecule has 4 heteroatoms. The highest BCUT2D eigenvalue weighted by atomic mass is 19.1. The number of benzene rings is 1. The van der Waals surface area contributed by atoms with Gasteiger partial charge in [-0.25, -0.2) is 4.39 Å². The van der Waals surface area contributed by atoms with E-state index in [4.69, 9.17) is 14.2 Å². The number of halogens is 1. The average molecular weight is 242 g/mol. The van der Waals surface area contributed by atoms with Crippen molar-refractivity contribution in [2.75, 3.05) is 33.5 Å². The van der Waals surface area contributed by atoms with Crippen molar-refractivity contribution in [3.05, 3.63) is 29.6 Å². The van der Waals surface area contributed by atoms with Crippen molar-refractivity contribution < 1.29 is 18.6 Å². The van der Waals surface area contributed by atoms with Gasteiger partial charge in [0.1, 0.15) is 0 Å². The summed E-state index contributed by atoms with van der Waals surface area (Å²) < 4.78 is 29.0. The molecule has 0 spiro atoms. The standard InChI is InChI=1S/C13H19FO3/c1-11-5-3-6-12(13(11)14)17-8-4-7-16-10-9-15-2/h3,5-6H,4,7-10H2,1-2H3. The molecule has 0 N–H and O–H groups in total. The summed E-state index contributed by atoms with van der Waals surface area (Å²) in [6.07, 6.45) is 0.733. The van der Waals surface area contributed by atoms with Crippen LogP contribution in [0.3, 0.4) is 0 Å². The second-order valence-corrected chi connectivity index (χ2v) is 3.69. The Labute approximate surface area is 101 Å². The molecule has 0 heterocycles. The number of rotatable bonds is 8. The fraction of sp³-hybridized carbons (Fsp3) is 0.538. The van der Waals surface area contributed by atoms with Gasteiger partial charge in [0.2, 0.25) is 0 Å². The first-order chi connectivity index (χ1) is 8.25. The number of ether oxygens (including phenoxy) is 3. The zero-order chi connectivity index (χ0) is 12.5. The first kappa shape index (κ1) is 13.9. The summed E-state index contributed by atoms with van der Waals surface area (Å²) in [7, 11) is 1.63. The molecular weight excluding hydrogens is 223 g/mol. The molecule has 0 aromatic heterocycles. The van der Waals surface area contributed by atoms with E-state index in [0.29, 0.717) is 37.7 Å². The monoisotopic (exact) mass is 242 g/mol. The van der Waals surface area contributed by atoms with Gasteiger partial charge in [-0.2, -0.15) is 0 Å². The van der Waals surface area contributed by atoms with Crippen LogP contribution >= 0.6 is 0 Å². The van der Waals surface area contributed by atoms with Crippen LogP contribution in [0.5, 0.6) is 5.75 Å². The van der Waals surface area contributed by atoms with Gasteiger partial charge >= 0.3 is 0 Å². The Morgan fingerprint density at radius 3 is 2.71 bits per heavy atom. The van der Waals surface area contributed by atoms with Crippen LogP contribution in [0.4, 0.5) is 4.39 Å². The molecule has 0 bridgehead atoms. The fourth-order valence-corrected chi connectivity index (χ4v) is 1.32. The Kier molecular flexibility index (Phi) is 6.58. The summed E-state index contributed by atoms with van der Waals surface area (Å²) in [4.78, 5) is 0. The van der Waals surface area contributed by atoms with Crippen molar-refractivity contribution in [1.29, 1.82) is 0 Å². The molecule has 1 rings (SSSR count). The van der Waals surface area contributed by atoms with Crippen LogP contribution in [-0.4, -0.2) is 33.5 Å². The Hall–Kier alpha value is -1.13. The molecular formula is C13H19FO3. The lowest BCUT2D eigenvalue weighted by molar-refractivity contribution is 0.0642. The lowest BCUT2D eigenvalue weighted by Gasteiger charge is -2.08. The maximum atomic E-state index is 13.5. The summed E-state index contributed by atoms with van der Waals surface area (Å²) in [5, 5.41) is 0. The molecule has 3 nitrogen and oxygen atoms in total. The second-order valence-electron chi connectivity index (χ2n) is 3.69. The Bertz CT molecular complexity index is 328. The van der Waals surface area contributed by atoms with E-state index in [2.05, 4.69) is 0 Å². The highest BCUT2D eigenvalue weighted by molar-refractivity contribution is 5.29. The van der Waals surface area contributed by atoms with Crippen molar-refractivity contribution in [3.63, 3.8) is 0 Å². The van der Waals surface area contributed by atoms with Crippen molar-refractivity contribution in [1.82, 2.24) is 0 Å². The smallest absolute Gasteiger partial charge is 0.167 e. The van der Waals surface area contributed by atoms with Gasteiger partial charge in [-0.3, -0.25) is 0 Å². The Morgan fingerprint density at radius 2 is 1.94 bits per heavy atom. The predicted molar refractivity (Wildman–Crippen MR) is 63.9 cm³/mol. The minimum Gasteiger partial charge on any atom is -0.490 e. The molecule has 0 aliphatic heterocycles. The molecule has 0 saturated carbocycles. The minimum atomic E-state index is -0.284. The minimum absolute atomic E-state index is 0.284. The number of methoxy groups -OCH3 is 1. The van der Waals surface area contributed by atoms with Gasteiger partial charge in [-0.1, -0.05) is 12.1 Å². The van der Waals surface area contributed by atoms with Crippen LogP contribution in [0.2, 0.25) is 0 Å². The maximum Gasteiger partial charge on any atom is 0.167 e. The van der Waals surface area contributed by atoms with Crippen molar-refractivity contribution in [3.8, 4) is 5.75 Å². The largest absolute Gasteiger partial charge is 0.490 e. The van der Waals surface area contributed by atoms with E-state index >= 15 is 0 Å². The first-order valence-electron chi connectivity index (χ1n) is 5.70. The van der Waals surface area contributed by atoms with Crippen molar-refractivity contribution in [2.45, 2.75) is 13.3 Å². The fourth-order valence-electron chi connectivity index (χ4n) is 1.32. The van der Waals surface area contributed by atoms with Gasteiger partial charge in [0.05, 0.1) is 19.8 Å². The molecule has 0 aliphatic rings. The van der Waals surface area contributed by atoms with Crippen LogP contribution < -0.4 is 4.74 Å². The highest BCUT2D eigenvalue weighted by Gasteiger charge is 2.04. The van der Waals surface area contributed by atoms with E-state index in [1.54, 1.807) is 32.2 Å². The molecule has 17 heavy (non-hydrogen) atoms. The quantitative estimate of drug-likeness (QED) is 0.656. The molecule has 0 amide bonds. The molecule has 0 fully saturated rings. The molecule has 1 aromatic carbocycles. The van der Waals surface area contributed by atoms with Crippen LogP contribution in [-0.2, 0) is 9.47 Å². The van der Waals surface area contributed by atoms with Crippen LogP contribution in [0, 0.1) is 12.7 Å². The maximum absolute atomic E-state index is 13.5. The SMILES string of the molecule is COCCOCCCOc1cccc(C)c1F. The van der Waals surface area contributed by atoms with E-state index in [1.165, 1.54) is 0 Å². The Morgan fingerprint density at radius 1 is 1.12 bits per heavy atom. The van der Waals surface area contributed by atoms with E-state index in [-0.39, 0.29) is 5.82 Å². The third kappa shape index (κ3) is 5.15. The van der Waals surface area contributed by atoms with Gasteiger partial charge in [0.15, 0.2) is 11.6 Å². The third-order valence-electron chi connectivity index (χ3n) is 2.28. The molecule has 0 unspecified atom stereocenters.